The maximum Gasteiger partial charge on any atom is 0.417 e. The van der Waals surface area contributed by atoms with Crippen molar-refractivity contribution in [3.8, 4) is 0 Å². The maximum atomic E-state index is 12.7. The summed E-state index contributed by atoms with van der Waals surface area (Å²) < 4.78 is 42.8. The predicted octanol–water partition coefficient (Wildman–Crippen LogP) is 2.64. The highest BCUT2D eigenvalue weighted by atomic mass is 79.9. The van der Waals surface area contributed by atoms with Crippen molar-refractivity contribution in [2.45, 2.75) is 6.18 Å². The Kier molecular flexibility index (Phi) is 6.44. The van der Waals surface area contributed by atoms with Gasteiger partial charge in [0.2, 0.25) is 5.91 Å². The predicted molar refractivity (Wildman–Crippen MR) is 72.5 cm³/mol. The number of rotatable bonds is 6. The Morgan fingerprint density at radius 3 is 2.70 bits per heavy atom. The van der Waals surface area contributed by atoms with E-state index in [9.17, 15) is 18.0 Å². The highest BCUT2D eigenvalue weighted by Crippen LogP contribution is 2.36. The smallest absolute Gasteiger partial charge is 0.383 e. The molecule has 0 aliphatic rings. The number of amides is 1. The highest BCUT2D eigenvalue weighted by molar-refractivity contribution is 9.10. The molecule has 0 bridgehead atoms. The van der Waals surface area contributed by atoms with E-state index >= 15 is 0 Å². The third kappa shape index (κ3) is 5.48. The Morgan fingerprint density at radius 2 is 2.10 bits per heavy atom. The van der Waals surface area contributed by atoms with Crippen LogP contribution in [0.15, 0.2) is 22.7 Å². The second kappa shape index (κ2) is 7.61. The largest absolute Gasteiger partial charge is 0.417 e. The lowest BCUT2D eigenvalue weighted by Crippen LogP contribution is -2.30. The van der Waals surface area contributed by atoms with E-state index in [1.165, 1.54) is 19.2 Å². The van der Waals surface area contributed by atoms with Crippen LogP contribution < -0.4 is 10.6 Å². The molecule has 0 radical (unpaired) electrons. The number of benzene rings is 1. The minimum Gasteiger partial charge on any atom is -0.383 e. The summed E-state index contributed by atoms with van der Waals surface area (Å²) in [6, 6.07) is 3.53. The van der Waals surface area contributed by atoms with Crippen molar-refractivity contribution in [2.24, 2.45) is 0 Å². The number of alkyl halides is 3. The maximum absolute atomic E-state index is 12.7. The Morgan fingerprint density at radius 1 is 1.40 bits per heavy atom. The first-order valence-corrected chi connectivity index (χ1v) is 6.50. The van der Waals surface area contributed by atoms with Gasteiger partial charge in [-0.25, -0.2) is 0 Å². The summed E-state index contributed by atoms with van der Waals surface area (Å²) in [6.07, 6.45) is -4.48. The highest BCUT2D eigenvalue weighted by Gasteiger charge is 2.33. The van der Waals surface area contributed by atoms with Crippen LogP contribution in [0.25, 0.3) is 0 Å². The van der Waals surface area contributed by atoms with Crippen molar-refractivity contribution >= 4 is 27.5 Å². The molecule has 112 valence electrons. The molecule has 2 N–H and O–H groups in total. The van der Waals surface area contributed by atoms with Crippen molar-refractivity contribution in [1.29, 1.82) is 0 Å². The van der Waals surface area contributed by atoms with Crippen LogP contribution in [0, 0.1) is 0 Å². The van der Waals surface area contributed by atoms with Crippen molar-refractivity contribution < 1.29 is 22.7 Å². The molecule has 1 aromatic carbocycles. The Balaban J connectivity index is 2.62. The van der Waals surface area contributed by atoms with Gasteiger partial charge in [0.05, 0.1) is 18.7 Å². The summed E-state index contributed by atoms with van der Waals surface area (Å²) in [5, 5.41) is 5.19. The van der Waals surface area contributed by atoms with Gasteiger partial charge in [0, 0.05) is 23.8 Å². The van der Waals surface area contributed by atoms with Crippen LogP contribution in [0.5, 0.6) is 0 Å². The molecule has 0 aromatic heterocycles. The van der Waals surface area contributed by atoms with E-state index in [2.05, 4.69) is 26.6 Å². The third-order valence-corrected chi connectivity index (χ3v) is 3.02. The van der Waals surface area contributed by atoms with Gasteiger partial charge in [0.15, 0.2) is 0 Å². The van der Waals surface area contributed by atoms with Gasteiger partial charge in [-0.15, -0.1) is 0 Å². The number of carbonyl (C=O) groups excluding carboxylic acids is 1. The van der Waals surface area contributed by atoms with E-state index in [1.54, 1.807) is 0 Å². The number of hydrogen-bond donors (Lipinski definition) is 2. The fourth-order valence-electron chi connectivity index (χ4n) is 1.40. The average molecular weight is 355 g/mol. The second-order valence-electron chi connectivity index (χ2n) is 3.91. The summed E-state index contributed by atoms with van der Waals surface area (Å²) in [6.45, 7) is 0.933. The first-order chi connectivity index (χ1) is 9.34. The summed E-state index contributed by atoms with van der Waals surface area (Å²) in [4.78, 5) is 11.5. The molecular formula is C12H14BrF3N2O2. The quantitative estimate of drug-likeness (QED) is 0.772. The molecule has 1 aromatic rings. The number of halogens is 4. The fourth-order valence-corrected chi connectivity index (χ4v) is 1.87. The molecule has 0 aliphatic carbocycles. The molecule has 0 spiro atoms. The van der Waals surface area contributed by atoms with E-state index in [1.807, 2.05) is 0 Å². The monoisotopic (exact) mass is 354 g/mol. The Labute approximate surface area is 122 Å². The minimum absolute atomic E-state index is 0.000769. The molecule has 0 saturated carbocycles. The number of hydrogen-bond acceptors (Lipinski definition) is 3. The van der Waals surface area contributed by atoms with Gasteiger partial charge in [-0.05, 0) is 18.2 Å². The van der Waals surface area contributed by atoms with Crippen LogP contribution in [0.3, 0.4) is 0 Å². The van der Waals surface area contributed by atoms with Crippen molar-refractivity contribution in [1.82, 2.24) is 5.32 Å². The van der Waals surface area contributed by atoms with Crippen LogP contribution in [-0.4, -0.2) is 32.7 Å². The first-order valence-electron chi connectivity index (χ1n) is 5.71. The van der Waals surface area contributed by atoms with Crippen LogP contribution in [-0.2, 0) is 15.7 Å². The van der Waals surface area contributed by atoms with Crippen LogP contribution in [0.2, 0.25) is 0 Å². The van der Waals surface area contributed by atoms with Crippen molar-refractivity contribution in [3.63, 3.8) is 0 Å². The van der Waals surface area contributed by atoms with Crippen molar-refractivity contribution in [2.75, 3.05) is 32.1 Å². The molecule has 0 aliphatic heterocycles. The molecule has 1 rings (SSSR count). The molecule has 0 atom stereocenters. The molecule has 0 unspecified atom stereocenters. The summed E-state index contributed by atoms with van der Waals surface area (Å²) in [5.41, 5.74) is -0.735. The van der Waals surface area contributed by atoms with E-state index < -0.39 is 17.6 Å². The van der Waals surface area contributed by atoms with Gasteiger partial charge in [0.1, 0.15) is 0 Å². The molecule has 1 amide bonds. The number of nitrogens with one attached hydrogen (secondary N) is 2. The molecule has 0 heterocycles. The van der Waals surface area contributed by atoms with Gasteiger partial charge < -0.3 is 15.4 Å². The lowest BCUT2D eigenvalue weighted by molar-refractivity contribution is -0.138. The van der Waals surface area contributed by atoms with Gasteiger partial charge in [-0.1, -0.05) is 15.9 Å². The number of methoxy groups -OCH3 is 1. The number of ether oxygens (including phenoxy) is 1. The van der Waals surface area contributed by atoms with E-state index in [0.717, 1.165) is 6.07 Å². The van der Waals surface area contributed by atoms with Gasteiger partial charge in [0.25, 0.3) is 0 Å². The molecule has 0 saturated heterocycles. The SMILES string of the molecule is COCCNCC(=O)Nc1ccc(Br)c(C(F)(F)F)c1. The molecule has 20 heavy (non-hydrogen) atoms. The number of anilines is 1. The van der Waals surface area contributed by atoms with Crippen LogP contribution >= 0.6 is 15.9 Å². The van der Waals surface area contributed by atoms with E-state index in [4.69, 9.17) is 4.74 Å². The molecule has 0 fully saturated rings. The van der Waals surface area contributed by atoms with Gasteiger partial charge >= 0.3 is 6.18 Å². The summed E-state index contributed by atoms with van der Waals surface area (Å²) >= 11 is 2.83. The minimum atomic E-state index is -4.48. The third-order valence-electron chi connectivity index (χ3n) is 2.32. The van der Waals surface area contributed by atoms with Crippen LogP contribution in [0.1, 0.15) is 5.56 Å². The van der Waals surface area contributed by atoms with E-state index in [-0.39, 0.29) is 16.7 Å². The lowest BCUT2D eigenvalue weighted by atomic mass is 10.2. The first kappa shape index (κ1) is 16.9. The molecule has 8 heteroatoms. The van der Waals surface area contributed by atoms with Crippen LogP contribution in [0.4, 0.5) is 18.9 Å². The fraction of sp³-hybridized carbons (Fsp3) is 0.417. The summed E-state index contributed by atoms with van der Waals surface area (Å²) in [7, 11) is 1.53. The zero-order chi connectivity index (χ0) is 15.2. The topological polar surface area (TPSA) is 50.4 Å². The second-order valence-corrected chi connectivity index (χ2v) is 4.76. The van der Waals surface area contributed by atoms with Gasteiger partial charge in [-0.3, -0.25) is 4.79 Å². The summed E-state index contributed by atoms with van der Waals surface area (Å²) in [5.74, 6) is -0.420. The van der Waals surface area contributed by atoms with Gasteiger partial charge in [-0.2, -0.15) is 13.2 Å². The molecular weight excluding hydrogens is 341 g/mol. The zero-order valence-corrected chi connectivity index (χ0v) is 12.3. The zero-order valence-electron chi connectivity index (χ0n) is 10.7. The number of carbonyl (C=O) groups is 1. The van der Waals surface area contributed by atoms with Crippen molar-refractivity contribution in [3.05, 3.63) is 28.2 Å². The standard InChI is InChI=1S/C12H14BrF3N2O2/c1-20-5-4-17-7-11(19)18-8-2-3-10(13)9(6-8)12(14,15)16/h2-3,6,17H,4-5,7H2,1H3,(H,18,19). The lowest BCUT2D eigenvalue weighted by Gasteiger charge is -2.12. The molecule has 4 nitrogen and oxygen atoms in total. The van der Waals surface area contributed by atoms with E-state index in [0.29, 0.717) is 13.2 Å². The Hall–Kier alpha value is -1.12. The average Bonchev–Trinajstić information content (AvgIpc) is 2.36. The Bertz CT molecular complexity index is 467. The normalized spacial score (nSPS) is 11.4.